The lowest BCUT2D eigenvalue weighted by atomic mass is 10.4. The van der Waals surface area contributed by atoms with Gasteiger partial charge in [0.2, 0.25) is 0 Å². The van der Waals surface area contributed by atoms with Gasteiger partial charge in [-0.05, 0) is 6.92 Å². The molecule has 4 heteroatoms. The Kier molecular flexibility index (Phi) is 2.87. The number of thiazole rings is 1. The zero-order valence-electron chi connectivity index (χ0n) is 6.29. The average molecular weight is 167 g/mol. The number of nitrogens with zero attached hydrogens (tertiary/aromatic N) is 2. The highest BCUT2D eigenvalue weighted by Crippen LogP contribution is 2.08. The first-order chi connectivity index (χ1) is 5.33. The van der Waals surface area contributed by atoms with Crippen molar-refractivity contribution < 1.29 is 0 Å². The Hall–Kier alpha value is -1.08. The van der Waals surface area contributed by atoms with Crippen molar-refractivity contribution in [2.45, 2.75) is 13.3 Å². The van der Waals surface area contributed by atoms with E-state index >= 15 is 0 Å². The Labute approximate surface area is 69.7 Å². The summed E-state index contributed by atoms with van der Waals surface area (Å²) in [5, 5.41) is 13.9. The van der Waals surface area contributed by atoms with Crippen molar-refractivity contribution in [1.82, 2.24) is 10.3 Å². The first-order valence-corrected chi connectivity index (χ1v) is 4.24. The van der Waals surface area contributed by atoms with Gasteiger partial charge in [-0.1, -0.05) is 0 Å². The maximum atomic E-state index is 8.17. The topological polar surface area (TPSA) is 48.7 Å². The van der Waals surface area contributed by atoms with E-state index in [-0.39, 0.29) is 0 Å². The van der Waals surface area contributed by atoms with Gasteiger partial charge >= 0.3 is 0 Å². The van der Waals surface area contributed by atoms with Gasteiger partial charge in [-0.3, -0.25) is 0 Å². The number of hydrogen-bond acceptors (Lipinski definition) is 4. The average Bonchev–Trinajstić information content (AvgIpc) is 2.37. The van der Waals surface area contributed by atoms with Crippen LogP contribution >= 0.6 is 11.3 Å². The summed E-state index contributed by atoms with van der Waals surface area (Å²) in [4.78, 5) is 4.25. The molecule has 0 saturated carbocycles. The molecule has 11 heavy (non-hydrogen) atoms. The van der Waals surface area contributed by atoms with E-state index in [9.17, 15) is 0 Å². The number of nitrogens with one attached hydrogen (secondary N) is 1. The molecule has 1 rings (SSSR count). The lowest BCUT2D eigenvalue weighted by Crippen LogP contribution is -2.09. The molecule has 0 saturated heterocycles. The van der Waals surface area contributed by atoms with Crippen LogP contribution in [0, 0.1) is 18.4 Å². The Morgan fingerprint density at radius 1 is 1.82 bits per heavy atom. The standard InChI is InChI=1S/C7H9N3S/c1-6-4-11-7(10-6)2-3-9-5-8/h4,9H,2-3H2,1H3. The maximum Gasteiger partial charge on any atom is 0.176 e. The minimum Gasteiger partial charge on any atom is -0.323 e. The van der Waals surface area contributed by atoms with E-state index < -0.39 is 0 Å². The van der Waals surface area contributed by atoms with E-state index in [1.165, 1.54) is 0 Å². The zero-order chi connectivity index (χ0) is 8.10. The fraction of sp³-hybridized carbons (Fsp3) is 0.429. The molecule has 1 heterocycles. The molecule has 3 nitrogen and oxygen atoms in total. The van der Waals surface area contributed by atoms with Crippen molar-refractivity contribution in [2.75, 3.05) is 6.54 Å². The normalized spacial score (nSPS) is 9.09. The number of aromatic nitrogens is 1. The lowest BCUT2D eigenvalue weighted by molar-refractivity contribution is 0.835. The van der Waals surface area contributed by atoms with Crippen LogP contribution in [-0.4, -0.2) is 11.5 Å². The first-order valence-electron chi connectivity index (χ1n) is 3.36. The highest BCUT2D eigenvalue weighted by atomic mass is 32.1. The Morgan fingerprint density at radius 3 is 3.18 bits per heavy atom. The van der Waals surface area contributed by atoms with Gasteiger partial charge in [0, 0.05) is 24.0 Å². The molecule has 0 atom stereocenters. The van der Waals surface area contributed by atoms with Gasteiger partial charge in [-0.2, -0.15) is 5.26 Å². The summed E-state index contributed by atoms with van der Waals surface area (Å²) >= 11 is 1.64. The number of aryl methyl sites for hydroxylation is 1. The van der Waals surface area contributed by atoms with Crippen LogP contribution in [0.3, 0.4) is 0 Å². The summed E-state index contributed by atoms with van der Waals surface area (Å²) in [5.74, 6) is 0. The van der Waals surface area contributed by atoms with Crippen LogP contribution in [0.25, 0.3) is 0 Å². The van der Waals surface area contributed by atoms with Crippen molar-refractivity contribution in [3.05, 3.63) is 16.1 Å². The van der Waals surface area contributed by atoms with Gasteiger partial charge in [0.15, 0.2) is 6.19 Å². The van der Waals surface area contributed by atoms with Gasteiger partial charge in [-0.25, -0.2) is 4.98 Å². The number of nitriles is 1. The van der Waals surface area contributed by atoms with Gasteiger partial charge in [0.25, 0.3) is 0 Å². The minimum absolute atomic E-state index is 0.684. The summed E-state index contributed by atoms with van der Waals surface area (Å²) in [7, 11) is 0. The van der Waals surface area contributed by atoms with E-state index in [1.807, 2.05) is 18.5 Å². The third-order valence-corrected chi connectivity index (χ3v) is 2.24. The molecule has 1 N–H and O–H groups in total. The molecule has 0 aromatic carbocycles. The Bertz CT molecular complexity index is 261. The van der Waals surface area contributed by atoms with Crippen LogP contribution in [0.1, 0.15) is 10.7 Å². The molecule has 0 amide bonds. The minimum atomic E-state index is 0.684. The van der Waals surface area contributed by atoms with Crippen LogP contribution in [0.4, 0.5) is 0 Å². The summed E-state index contributed by atoms with van der Waals surface area (Å²) in [6.07, 6.45) is 2.71. The fourth-order valence-electron chi connectivity index (χ4n) is 0.743. The molecule has 0 fully saturated rings. The van der Waals surface area contributed by atoms with E-state index in [0.29, 0.717) is 6.54 Å². The molecule has 1 aromatic rings. The smallest absolute Gasteiger partial charge is 0.176 e. The molecule has 0 aliphatic carbocycles. The lowest BCUT2D eigenvalue weighted by Gasteiger charge is -1.91. The van der Waals surface area contributed by atoms with Crippen molar-refractivity contribution in [3.63, 3.8) is 0 Å². The van der Waals surface area contributed by atoms with Gasteiger partial charge < -0.3 is 5.32 Å². The largest absolute Gasteiger partial charge is 0.323 e. The quantitative estimate of drug-likeness (QED) is 0.416. The molecule has 0 bridgehead atoms. The predicted octanol–water partition coefficient (Wildman–Crippen LogP) is 1.06. The molecule has 0 aliphatic rings. The molecule has 0 aliphatic heterocycles. The van der Waals surface area contributed by atoms with Gasteiger partial charge in [0.1, 0.15) is 0 Å². The summed E-state index contributed by atoms with van der Waals surface area (Å²) in [6.45, 7) is 2.65. The third-order valence-electron chi connectivity index (χ3n) is 1.21. The van der Waals surface area contributed by atoms with E-state index in [1.54, 1.807) is 11.3 Å². The third kappa shape index (κ3) is 2.56. The second-order valence-electron chi connectivity index (χ2n) is 2.17. The Morgan fingerprint density at radius 2 is 2.64 bits per heavy atom. The molecule has 1 aromatic heterocycles. The number of rotatable bonds is 3. The van der Waals surface area contributed by atoms with Crippen LogP contribution < -0.4 is 5.32 Å². The molecule has 0 unspecified atom stereocenters. The predicted molar refractivity (Wildman–Crippen MR) is 44.2 cm³/mol. The van der Waals surface area contributed by atoms with Crippen molar-refractivity contribution in [1.29, 1.82) is 5.26 Å². The van der Waals surface area contributed by atoms with Crippen LogP contribution in [0.5, 0.6) is 0 Å². The molecular weight excluding hydrogens is 158 g/mol. The van der Waals surface area contributed by atoms with Gasteiger partial charge in [-0.15, -0.1) is 11.3 Å². The zero-order valence-corrected chi connectivity index (χ0v) is 7.11. The fourth-order valence-corrected chi connectivity index (χ4v) is 1.52. The van der Waals surface area contributed by atoms with Crippen molar-refractivity contribution in [3.8, 4) is 6.19 Å². The van der Waals surface area contributed by atoms with E-state index in [0.717, 1.165) is 17.1 Å². The van der Waals surface area contributed by atoms with Crippen LogP contribution in [-0.2, 0) is 6.42 Å². The summed E-state index contributed by atoms with van der Waals surface area (Å²) < 4.78 is 0. The SMILES string of the molecule is Cc1csc(CCNC#N)n1. The molecule has 0 spiro atoms. The van der Waals surface area contributed by atoms with Crippen LogP contribution in [0.2, 0.25) is 0 Å². The van der Waals surface area contributed by atoms with Gasteiger partial charge in [0.05, 0.1) is 5.01 Å². The second-order valence-corrected chi connectivity index (χ2v) is 3.11. The summed E-state index contributed by atoms with van der Waals surface area (Å²) in [5.41, 5.74) is 1.06. The first kappa shape index (κ1) is 8.02. The van der Waals surface area contributed by atoms with Crippen molar-refractivity contribution in [2.24, 2.45) is 0 Å². The molecular formula is C7H9N3S. The molecule has 58 valence electrons. The number of hydrogen-bond donors (Lipinski definition) is 1. The monoisotopic (exact) mass is 167 g/mol. The van der Waals surface area contributed by atoms with Crippen LogP contribution in [0.15, 0.2) is 5.38 Å². The van der Waals surface area contributed by atoms with E-state index in [4.69, 9.17) is 5.26 Å². The maximum absolute atomic E-state index is 8.17. The highest BCUT2D eigenvalue weighted by Gasteiger charge is 1.96. The Balaban J connectivity index is 2.34. The van der Waals surface area contributed by atoms with E-state index in [2.05, 4.69) is 10.3 Å². The summed E-state index contributed by atoms with van der Waals surface area (Å²) in [6, 6.07) is 0. The van der Waals surface area contributed by atoms with Crippen molar-refractivity contribution >= 4 is 11.3 Å². The second kappa shape index (κ2) is 3.94. The highest BCUT2D eigenvalue weighted by molar-refractivity contribution is 7.09. The molecule has 0 radical (unpaired) electrons.